The number of rotatable bonds is 4. The highest BCUT2D eigenvalue weighted by Gasteiger charge is 2.17. The Kier molecular flexibility index (Phi) is 3.74. The Morgan fingerprint density at radius 3 is 2.90 bits per heavy atom. The second-order valence-corrected chi connectivity index (χ2v) is 6.20. The molecule has 0 aliphatic carbocycles. The standard InChI is InChI=1S/C14H14ClN3OS/c1-2-18-11-6-4-3-5-9(11)10(17-18)7-12(19)14-16-8-13(15)20-14/h3-6,8,12,19H,2,7H2,1H3. The molecule has 2 aromatic heterocycles. The highest BCUT2D eigenvalue weighted by Crippen LogP contribution is 2.28. The predicted molar refractivity (Wildman–Crippen MR) is 81.2 cm³/mol. The van der Waals surface area contributed by atoms with Crippen molar-refractivity contribution < 1.29 is 5.11 Å². The Morgan fingerprint density at radius 1 is 1.40 bits per heavy atom. The number of hydrogen-bond acceptors (Lipinski definition) is 4. The lowest BCUT2D eigenvalue weighted by Crippen LogP contribution is -2.03. The molecule has 1 aromatic carbocycles. The Morgan fingerprint density at radius 2 is 2.20 bits per heavy atom. The van der Waals surface area contributed by atoms with Gasteiger partial charge in [-0.2, -0.15) is 5.10 Å². The Bertz CT molecular complexity index is 737. The molecule has 0 amide bonds. The minimum absolute atomic E-state index is 0.442. The topological polar surface area (TPSA) is 50.9 Å². The molecule has 0 aliphatic heterocycles. The number of thiazole rings is 1. The van der Waals surface area contributed by atoms with E-state index in [1.807, 2.05) is 28.9 Å². The third kappa shape index (κ3) is 2.44. The molecule has 0 bridgehead atoms. The molecule has 6 heteroatoms. The summed E-state index contributed by atoms with van der Waals surface area (Å²) < 4.78 is 2.54. The molecule has 3 rings (SSSR count). The van der Waals surface area contributed by atoms with Crippen molar-refractivity contribution in [3.8, 4) is 0 Å². The first-order valence-corrected chi connectivity index (χ1v) is 7.62. The summed E-state index contributed by atoms with van der Waals surface area (Å²) in [5.41, 5.74) is 1.98. The van der Waals surface area contributed by atoms with Crippen LogP contribution in [0.1, 0.15) is 23.7 Å². The number of nitrogens with zero attached hydrogens (tertiary/aromatic N) is 3. The van der Waals surface area contributed by atoms with Crippen molar-refractivity contribution in [2.75, 3.05) is 0 Å². The van der Waals surface area contributed by atoms with E-state index < -0.39 is 6.10 Å². The molecule has 0 fully saturated rings. The number of aryl methyl sites for hydroxylation is 1. The fourth-order valence-electron chi connectivity index (χ4n) is 2.28. The van der Waals surface area contributed by atoms with E-state index in [0.29, 0.717) is 15.8 Å². The van der Waals surface area contributed by atoms with Gasteiger partial charge in [0.15, 0.2) is 0 Å². The van der Waals surface area contributed by atoms with Gasteiger partial charge in [-0.05, 0) is 13.0 Å². The maximum Gasteiger partial charge on any atom is 0.123 e. The number of para-hydroxylation sites is 1. The largest absolute Gasteiger partial charge is 0.386 e. The van der Waals surface area contributed by atoms with Gasteiger partial charge in [0.25, 0.3) is 0 Å². The summed E-state index contributed by atoms with van der Waals surface area (Å²) in [6.07, 6.45) is 1.33. The summed E-state index contributed by atoms with van der Waals surface area (Å²) in [4.78, 5) is 4.12. The lowest BCUT2D eigenvalue weighted by molar-refractivity contribution is 0.177. The second-order valence-electron chi connectivity index (χ2n) is 4.50. The van der Waals surface area contributed by atoms with Crippen molar-refractivity contribution >= 4 is 33.8 Å². The molecule has 20 heavy (non-hydrogen) atoms. The Balaban J connectivity index is 1.94. The monoisotopic (exact) mass is 307 g/mol. The lowest BCUT2D eigenvalue weighted by Gasteiger charge is -2.05. The number of aliphatic hydroxyl groups excluding tert-OH is 1. The number of aromatic nitrogens is 3. The zero-order chi connectivity index (χ0) is 14.1. The van der Waals surface area contributed by atoms with Crippen molar-refractivity contribution in [3.63, 3.8) is 0 Å². The molecule has 1 N–H and O–H groups in total. The minimum atomic E-state index is -0.670. The van der Waals surface area contributed by atoms with Crippen LogP contribution < -0.4 is 0 Å². The molecule has 104 valence electrons. The van der Waals surface area contributed by atoms with Crippen LogP contribution in [0.15, 0.2) is 30.5 Å². The fourth-order valence-corrected chi connectivity index (χ4v) is 3.20. The first-order chi connectivity index (χ1) is 9.69. The van der Waals surface area contributed by atoms with Gasteiger partial charge in [0.2, 0.25) is 0 Å². The molecule has 4 nitrogen and oxygen atoms in total. The van der Waals surface area contributed by atoms with E-state index in [1.54, 1.807) is 6.20 Å². The first kappa shape index (κ1) is 13.5. The summed E-state index contributed by atoms with van der Waals surface area (Å²) in [5.74, 6) is 0. The van der Waals surface area contributed by atoms with Crippen LogP contribution in [-0.4, -0.2) is 19.9 Å². The molecule has 3 aromatic rings. The van der Waals surface area contributed by atoms with Crippen LogP contribution in [0, 0.1) is 0 Å². The summed E-state index contributed by atoms with van der Waals surface area (Å²) in [7, 11) is 0. The van der Waals surface area contributed by atoms with Crippen LogP contribution in [0.25, 0.3) is 10.9 Å². The summed E-state index contributed by atoms with van der Waals surface area (Å²) in [5, 5.41) is 16.6. The van der Waals surface area contributed by atoms with Crippen LogP contribution in [0.2, 0.25) is 4.34 Å². The number of hydrogen-bond donors (Lipinski definition) is 1. The third-order valence-electron chi connectivity index (χ3n) is 3.20. The van der Waals surface area contributed by atoms with Crippen LogP contribution in [0.3, 0.4) is 0 Å². The van der Waals surface area contributed by atoms with E-state index in [9.17, 15) is 5.11 Å². The quantitative estimate of drug-likeness (QED) is 0.803. The van der Waals surface area contributed by atoms with Crippen LogP contribution >= 0.6 is 22.9 Å². The van der Waals surface area contributed by atoms with E-state index in [4.69, 9.17) is 11.6 Å². The van der Waals surface area contributed by atoms with Gasteiger partial charge in [-0.3, -0.25) is 4.68 Å². The first-order valence-electron chi connectivity index (χ1n) is 6.42. The maximum atomic E-state index is 10.3. The van der Waals surface area contributed by atoms with E-state index in [2.05, 4.69) is 17.0 Å². The highest BCUT2D eigenvalue weighted by molar-refractivity contribution is 7.15. The van der Waals surface area contributed by atoms with Gasteiger partial charge in [0.05, 0.1) is 17.4 Å². The molecule has 2 heterocycles. The minimum Gasteiger partial charge on any atom is -0.386 e. The van der Waals surface area contributed by atoms with Crippen LogP contribution in [-0.2, 0) is 13.0 Å². The lowest BCUT2D eigenvalue weighted by atomic mass is 10.1. The Hall–Kier alpha value is -1.43. The molecule has 0 aliphatic rings. The van der Waals surface area contributed by atoms with Crippen LogP contribution in [0.5, 0.6) is 0 Å². The fraction of sp³-hybridized carbons (Fsp3) is 0.286. The molecule has 0 saturated carbocycles. The zero-order valence-corrected chi connectivity index (χ0v) is 12.5. The van der Waals surface area contributed by atoms with Gasteiger partial charge in [-0.1, -0.05) is 29.8 Å². The molecular weight excluding hydrogens is 294 g/mol. The van der Waals surface area contributed by atoms with Crippen molar-refractivity contribution in [3.05, 3.63) is 45.5 Å². The van der Waals surface area contributed by atoms with Crippen molar-refractivity contribution in [2.45, 2.75) is 26.0 Å². The normalized spacial score (nSPS) is 12.9. The van der Waals surface area contributed by atoms with Gasteiger partial charge in [0.1, 0.15) is 15.4 Å². The van der Waals surface area contributed by atoms with E-state index in [1.165, 1.54) is 11.3 Å². The highest BCUT2D eigenvalue weighted by atomic mass is 35.5. The summed E-state index contributed by atoms with van der Waals surface area (Å²) >= 11 is 7.16. The average Bonchev–Trinajstić information content (AvgIpc) is 3.03. The number of aliphatic hydroxyl groups is 1. The second kappa shape index (κ2) is 5.52. The molecule has 0 spiro atoms. The Labute approximate surface area is 125 Å². The molecular formula is C14H14ClN3OS. The SMILES string of the molecule is CCn1nc(CC(O)c2ncc(Cl)s2)c2ccccc21. The van der Waals surface area contributed by atoms with E-state index in [-0.39, 0.29) is 0 Å². The smallest absolute Gasteiger partial charge is 0.123 e. The van der Waals surface area contributed by atoms with Crippen LogP contribution in [0.4, 0.5) is 0 Å². The van der Waals surface area contributed by atoms with Gasteiger partial charge >= 0.3 is 0 Å². The average molecular weight is 308 g/mol. The number of halogens is 1. The van der Waals surface area contributed by atoms with Gasteiger partial charge in [-0.15, -0.1) is 11.3 Å². The molecule has 1 unspecified atom stereocenters. The number of benzene rings is 1. The van der Waals surface area contributed by atoms with E-state index in [0.717, 1.165) is 23.1 Å². The third-order valence-corrected chi connectivity index (χ3v) is 4.42. The van der Waals surface area contributed by atoms with E-state index >= 15 is 0 Å². The molecule has 0 radical (unpaired) electrons. The van der Waals surface area contributed by atoms with Crippen molar-refractivity contribution in [2.24, 2.45) is 0 Å². The van der Waals surface area contributed by atoms with Gasteiger partial charge in [-0.25, -0.2) is 4.98 Å². The van der Waals surface area contributed by atoms with Gasteiger partial charge in [0, 0.05) is 18.4 Å². The predicted octanol–water partition coefficient (Wildman–Crippen LogP) is 3.44. The molecule has 0 saturated heterocycles. The maximum absolute atomic E-state index is 10.3. The number of fused-ring (bicyclic) bond motifs is 1. The summed E-state index contributed by atoms with van der Waals surface area (Å²) in [6, 6.07) is 8.06. The van der Waals surface area contributed by atoms with Crippen molar-refractivity contribution in [1.82, 2.24) is 14.8 Å². The summed E-state index contributed by atoms with van der Waals surface area (Å²) in [6.45, 7) is 2.86. The molecule has 1 atom stereocenters. The van der Waals surface area contributed by atoms with Crippen molar-refractivity contribution in [1.29, 1.82) is 0 Å². The van der Waals surface area contributed by atoms with Gasteiger partial charge < -0.3 is 5.11 Å². The zero-order valence-electron chi connectivity index (χ0n) is 11.0.